The standard InChI is InChI=1S/C14H18N2/c1-3-4-10-16(2)11-13-7-5-6-12-8-9-15-14(12)13/h3-9,15H,10-11H2,1-2H3/b4-3+. The summed E-state index contributed by atoms with van der Waals surface area (Å²) in [4.78, 5) is 5.61. The fraction of sp³-hybridized carbons (Fsp3) is 0.286. The second kappa shape index (κ2) is 4.99. The Hall–Kier alpha value is -1.54. The number of aromatic nitrogens is 1. The average Bonchev–Trinajstić information content (AvgIpc) is 2.75. The third-order valence-corrected chi connectivity index (χ3v) is 2.77. The van der Waals surface area contributed by atoms with Crippen molar-refractivity contribution < 1.29 is 0 Å². The summed E-state index contributed by atoms with van der Waals surface area (Å²) in [5.74, 6) is 0. The Morgan fingerprint density at radius 2 is 2.19 bits per heavy atom. The molecular weight excluding hydrogens is 196 g/mol. The molecule has 0 saturated heterocycles. The molecule has 0 bridgehead atoms. The Kier molecular flexibility index (Phi) is 3.42. The van der Waals surface area contributed by atoms with Crippen molar-refractivity contribution in [3.63, 3.8) is 0 Å². The topological polar surface area (TPSA) is 19.0 Å². The zero-order valence-corrected chi connectivity index (χ0v) is 9.90. The highest BCUT2D eigenvalue weighted by atomic mass is 15.1. The van der Waals surface area contributed by atoms with Crippen LogP contribution in [0.5, 0.6) is 0 Å². The second-order valence-corrected chi connectivity index (χ2v) is 4.12. The van der Waals surface area contributed by atoms with Crippen LogP contribution in [0.4, 0.5) is 0 Å². The van der Waals surface area contributed by atoms with E-state index in [0.717, 1.165) is 13.1 Å². The van der Waals surface area contributed by atoms with Gasteiger partial charge in [-0.25, -0.2) is 0 Å². The number of fused-ring (bicyclic) bond motifs is 1. The van der Waals surface area contributed by atoms with Crippen molar-refractivity contribution in [1.82, 2.24) is 9.88 Å². The molecule has 0 unspecified atom stereocenters. The largest absolute Gasteiger partial charge is 0.361 e. The maximum atomic E-state index is 3.30. The van der Waals surface area contributed by atoms with Gasteiger partial charge in [0.1, 0.15) is 0 Å². The van der Waals surface area contributed by atoms with Gasteiger partial charge in [0, 0.05) is 24.8 Å². The molecular formula is C14H18N2. The fourth-order valence-corrected chi connectivity index (χ4v) is 1.92. The summed E-state index contributed by atoms with van der Waals surface area (Å²) >= 11 is 0. The zero-order chi connectivity index (χ0) is 11.4. The summed E-state index contributed by atoms with van der Waals surface area (Å²) in [6.07, 6.45) is 6.26. The van der Waals surface area contributed by atoms with Gasteiger partial charge in [0.15, 0.2) is 0 Å². The highest BCUT2D eigenvalue weighted by Gasteiger charge is 2.03. The summed E-state index contributed by atoms with van der Waals surface area (Å²) in [7, 11) is 2.14. The molecule has 0 amide bonds. The van der Waals surface area contributed by atoms with E-state index in [-0.39, 0.29) is 0 Å². The number of benzene rings is 1. The van der Waals surface area contributed by atoms with E-state index in [1.165, 1.54) is 16.5 Å². The number of rotatable bonds is 4. The minimum atomic E-state index is 0.974. The average molecular weight is 214 g/mol. The molecule has 0 aliphatic carbocycles. The van der Waals surface area contributed by atoms with Gasteiger partial charge in [0.25, 0.3) is 0 Å². The van der Waals surface area contributed by atoms with Gasteiger partial charge in [-0.2, -0.15) is 0 Å². The van der Waals surface area contributed by atoms with Crippen LogP contribution in [0, 0.1) is 0 Å². The molecule has 0 atom stereocenters. The van der Waals surface area contributed by atoms with E-state index in [2.05, 4.69) is 60.3 Å². The van der Waals surface area contributed by atoms with Gasteiger partial charge < -0.3 is 4.98 Å². The SMILES string of the molecule is C/C=C/CN(C)Cc1cccc2cc[nH]c12. The first-order valence-corrected chi connectivity index (χ1v) is 5.66. The lowest BCUT2D eigenvalue weighted by Gasteiger charge is -2.14. The van der Waals surface area contributed by atoms with Crippen molar-refractivity contribution in [1.29, 1.82) is 0 Å². The minimum absolute atomic E-state index is 0.974. The Balaban J connectivity index is 2.17. The van der Waals surface area contributed by atoms with E-state index >= 15 is 0 Å². The quantitative estimate of drug-likeness (QED) is 0.774. The molecule has 2 heteroatoms. The molecule has 1 heterocycles. The number of likely N-dealkylation sites (N-methyl/N-ethyl adjacent to an activating group) is 1. The summed E-state index contributed by atoms with van der Waals surface area (Å²) in [6, 6.07) is 8.56. The highest BCUT2D eigenvalue weighted by Crippen LogP contribution is 2.17. The molecule has 1 N–H and O–H groups in total. The van der Waals surface area contributed by atoms with Crippen LogP contribution in [-0.2, 0) is 6.54 Å². The molecule has 16 heavy (non-hydrogen) atoms. The lowest BCUT2D eigenvalue weighted by atomic mass is 10.1. The van der Waals surface area contributed by atoms with Gasteiger partial charge in [-0.05, 0) is 31.0 Å². The van der Waals surface area contributed by atoms with Crippen LogP contribution >= 0.6 is 0 Å². The number of hydrogen-bond donors (Lipinski definition) is 1. The minimum Gasteiger partial charge on any atom is -0.361 e. The lowest BCUT2D eigenvalue weighted by molar-refractivity contribution is 0.364. The molecule has 84 valence electrons. The van der Waals surface area contributed by atoms with Crippen molar-refractivity contribution in [2.75, 3.05) is 13.6 Å². The third kappa shape index (κ3) is 2.34. The first-order chi connectivity index (χ1) is 7.81. The van der Waals surface area contributed by atoms with Gasteiger partial charge in [0.05, 0.1) is 0 Å². The number of hydrogen-bond acceptors (Lipinski definition) is 1. The van der Waals surface area contributed by atoms with Crippen molar-refractivity contribution in [3.8, 4) is 0 Å². The molecule has 1 aromatic carbocycles. The van der Waals surface area contributed by atoms with Crippen LogP contribution in [0.3, 0.4) is 0 Å². The molecule has 0 aliphatic rings. The highest BCUT2D eigenvalue weighted by molar-refractivity contribution is 5.82. The molecule has 1 aromatic heterocycles. The number of allylic oxidation sites excluding steroid dienone is 1. The number of nitrogens with one attached hydrogen (secondary N) is 1. The van der Waals surface area contributed by atoms with Crippen molar-refractivity contribution in [3.05, 3.63) is 48.2 Å². The van der Waals surface area contributed by atoms with Crippen LogP contribution in [0.25, 0.3) is 10.9 Å². The summed E-state index contributed by atoms with van der Waals surface area (Å²) in [6.45, 7) is 4.02. The Morgan fingerprint density at radius 3 is 3.00 bits per heavy atom. The zero-order valence-electron chi connectivity index (χ0n) is 9.90. The van der Waals surface area contributed by atoms with Crippen LogP contribution in [0.15, 0.2) is 42.6 Å². The van der Waals surface area contributed by atoms with E-state index in [4.69, 9.17) is 0 Å². The Morgan fingerprint density at radius 1 is 1.31 bits per heavy atom. The summed E-state index contributed by atoms with van der Waals surface area (Å²) < 4.78 is 0. The van der Waals surface area contributed by atoms with E-state index in [1.54, 1.807) is 0 Å². The monoisotopic (exact) mass is 214 g/mol. The summed E-state index contributed by atoms with van der Waals surface area (Å²) in [5.41, 5.74) is 2.62. The van der Waals surface area contributed by atoms with Crippen LogP contribution < -0.4 is 0 Å². The number of para-hydroxylation sites is 1. The molecule has 2 nitrogen and oxygen atoms in total. The molecule has 2 aromatic rings. The molecule has 0 spiro atoms. The molecule has 0 fully saturated rings. The third-order valence-electron chi connectivity index (χ3n) is 2.77. The number of H-pyrrole nitrogens is 1. The van der Waals surface area contributed by atoms with Crippen molar-refractivity contribution >= 4 is 10.9 Å². The normalized spacial score (nSPS) is 11.9. The van der Waals surface area contributed by atoms with E-state index in [1.807, 2.05) is 6.20 Å². The maximum Gasteiger partial charge on any atom is 0.0499 e. The number of aromatic amines is 1. The van der Waals surface area contributed by atoms with E-state index in [9.17, 15) is 0 Å². The van der Waals surface area contributed by atoms with Crippen LogP contribution in [0.1, 0.15) is 12.5 Å². The number of nitrogens with zero attached hydrogens (tertiary/aromatic N) is 1. The fourth-order valence-electron chi connectivity index (χ4n) is 1.92. The molecule has 0 aliphatic heterocycles. The van der Waals surface area contributed by atoms with E-state index in [0.29, 0.717) is 0 Å². The summed E-state index contributed by atoms with van der Waals surface area (Å²) in [5, 5.41) is 1.29. The predicted molar refractivity (Wildman–Crippen MR) is 69.4 cm³/mol. The van der Waals surface area contributed by atoms with E-state index < -0.39 is 0 Å². The molecule has 0 saturated carbocycles. The predicted octanol–water partition coefficient (Wildman–Crippen LogP) is 3.18. The van der Waals surface area contributed by atoms with Crippen LogP contribution in [-0.4, -0.2) is 23.5 Å². The first-order valence-electron chi connectivity index (χ1n) is 5.66. The van der Waals surface area contributed by atoms with Gasteiger partial charge in [-0.1, -0.05) is 30.4 Å². The smallest absolute Gasteiger partial charge is 0.0499 e. The Labute approximate surface area is 96.6 Å². The molecule has 2 rings (SSSR count). The van der Waals surface area contributed by atoms with Gasteiger partial charge in [-0.3, -0.25) is 4.90 Å². The van der Waals surface area contributed by atoms with Crippen LogP contribution in [0.2, 0.25) is 0 Å². The van der Waals surface area contributed by atoms with Crippen molar-refractivity contribution in [2.45, 2.75) is 13.5 Å². The first kappa shape index (κ1) is 11.0. The lowest BCUT2D eigenvalue weighted by Crippen LogP contribution is -2.17. The van der Waals surface area contributed by atoms with Crippen molar-refractivity contribution in [2.24, 2.45) is 0 Å². The van der Waals surface area contributed by atoms with Gasteiger partial charge in [0.2, 0.25) is 0 Å². The Bertz CT molecular complexity index is 482. The van der Waals surface area contributed by atoms with Gasteiger partial charge >= 0.3 is 0 Å². The molecule has 0 radical (unpaired) electrons. The van der Waals surface area contributed by atoms with Gasteiger partial charge in [-0.15, -0.1) is 0 Å². The maximum absolute atomic E-state index is 3.30. The second-order valence-electron chi connectivity index (χ2n) is 4.12.